The Labute approximate surface area is 139 Å². The van der Waals surface area contributed by atoms with E-state index in [1.165, 1.54) is 18.4 Å². The van der Waals surface area contributed by atoms with Crippen LogP contribution >= 0.6 is 0 Å². The number of hydrogen-bond acceptors (Lipinski definition) is 3. The molecule has 0 radical (unpaired) electrons. The topological polar surface area (TPSA) is 64.2 Å². The lowest BCUT2D eigenvalue weighted by Crippen LogP contribution is -2.82. The van der Waals surface area contributed by atoms with Crippen LogP contribution in [0.3, 0.4) is 0 Å². The first-order valence-corrected chi connectivity index (χ1v) is 8.28. The molecule has 0 fully saturated rings. The van der Waals surface area contributed by atoms with E-state index in [2.05, 4.69) is 17.6 Å². The number of ether oxygens (including phenoxy) is 2. The zero-order valence-electron chi connectivity index (χ0n) is 15.1. The van der Waals surface area contributed by atoms with Crippen molar-refractivity contribution in [2.45, 2.75) is 52.6 Å². The third-order valence-corrected chi connectivity index (χ3v) is 3.24. The number of carbonyl (C=O) groups is 1. The van der Waals surface area contributed by atoms with Crippen LogP contribution < -0.4 is 20.1 Å². The lowest BCUT2D eigenvalue weighted by atomic mass is 10.1. The van der Waals surface area contributed by atoms with Crippen LogP contribution in [0.5, 0.6) is 11.5 Å². The lowest BCUT2D eigenvalue weighted by molar-refractivity contribution is -0.670. The number of quaternary nitrogens is 1. The standard InChI is InChI=1S/C18H30N2O3/c1-6-7-10-19-12-14-8-9-15(16(11-14)22-5)23-13-17(21)20-18(2,3)4/h8-9,11,19H,6-7,10,12-13H2,1-5H3,(H,20,21)/p+1. The molecule has 0 unspecified atom stereocenters. The summed E-state index contributed by atoms with van der Waals surface area (Å²) < 4.78 is 11.0. The van der Waals surface area contributed by atoms with Crippen LogP contribution in [0.15, 0.2) is 18.2 Å². The molecule has 130 valence electrons. The van der Waals surface area contributed by atoms with Gasteiger partial charge in [-0.3, -0.25) is 4.79 Å². The molecule has 1 aromatic carbocycles. The van der Waals surface area contributed by atoms with E-state index in [-0.39, 0.29) is 18.1 Å². The molecule has 1 rings (SSSR count). The second-order valence-electron chi connectivity index (χ2n) is 6.71. The summed E-state index contributed by atoms with van der Waals surface area (Å²) in [6.07, 6.45) is 2.43. The number of amides is 1. The van der Waals surface area contributed by atoms with Gasteiger partial charge in [0.25, 0.3) is 5.91 Å². The number of carbonyl (C=O) groups excluding carboxylic acids is 1. The van der Waals surface area contributed by atoms with Gasteiger partial charge in [0.1, 0.15) is 6.54 Å². The summed E-state index contributed by atoms with van der Waals surface area (Å²) in [4.78, 5) is 11.8. The van der Waals surface area contributed by atoms with E-state index in [4.69, 9.17) is 9.47 Å². The van der Waals surface area contributed by atoms with E-state index in [0.717, 1.165) is 13.1 Å². The summed E-state index contributed by atoms with van der Waals surface area (Å²) >= 11 is 0. The Hall–Kier alpha value is -1.75. The van der Waals surface area contributed by atoms with Crippen molar-refractivity contribution in [3.63, 3.8) is 0 Å². The van der Waals surface area contributed by atoms with Crippen molar-refractivity contribution in [1.29, 1.82) is 0 Å². The second kappa shape index (κ2) is 9.40. The fourth-order valence-electron chi connectivity index (χ4n) is 2.17. The predicted octanol–water partition coefficient (Wildman–Crippen LogP) is 1.85. The first-order valence-electron chi connectivity index (χ1n) is 8.28. The summed E-state index contributed by atoms with van der Waals surface area (Å²) in [6, 6.07) is 5.85. The lowest BCUT2D eigenvalue weighted by Gasteiger charge is -2.20. The first-order chi connectivity index (χ1) is 10.9. The Bertz CT molecular complexity index is 496. The number of methoxy groups -OCH3 is 1. The third-order valence-electron chi connectivity index (χ3n) is 3.24. The number of nitrogens with one attached hydrogen (secondary N) is 1. The van der Waals surface area contributed by atoms with Gasteiger partial charge in [-0.05, 0) is 45.4 Å². The molecule has 5 heteroatoms. The summed E-state index contributed by atoms with van der Waals surface area (Å²) in [5, 5.41) is 5.16. The highest BCUT2D eigenvalue weighted by Crippen LogP contribution is 2.27. The van der Waals surface area contributed by atoms with Gasteiger partial charge >= 0.3 is 0 Å². The SMILES string of the molecule is CCCC[NH2+]Cc1ccc(OCC(=O)NC(C)(C)C)c(OC)c1. The average molecular weight is 323 g/mol. The fourth-order valence-corrected chi connectivity index (χ4v) is 2.17. The van der Waals surface area contributed by atoms with Crippen molar-refractivity contribution in [2.24, 2.45) is 0 Å². The molecule has 5 nitrogen and oxygen atoms in total. The van der Waals surface area contributed by atoms with Crippen molar-refractivity contribution < 1.29 is 19.6 Å². The highest BCUT2D eigenvalue weighted by molar-refractivity contribution is 5.78. The normalized spacial score (nSPS) is 11.2. The van der Waals surface area contributed by atoms with Gasteiger partial charge in [0.05, 0.1) is 13.7 Å². The minimum Gasteiger partial charge on any atom is -0.493 e. The smallest absolute Gasteiger partial charge is 0.258 e. The summed E-state index contributed by atoms with van der Waals surface area (Å²) in [5.74, 6) is 1.11. The monoisotopic (exact) mass is 323 g/mol. The van der Waals surface area contributed by atoms with Crippen LogP contribution in [0.25, 0.3) is 0 Å². The number of benzene rings is 1. The summed E-state index contributed by atoms with van der Waals surface area (Å²) in [6.45, 7) is 10.0. The largest absolute Gasteiger partial charge is 0.493 e. The molecule has 0 spiro atoms. The zero-order chi connectivity index (χ0) is 17.3. The Kier molecular flexibility index (Phi) is 7.89. The van der Waals surface area contributed by atoms with Gasteiger partial charge in [0.15, 0.2) is 18.1 Å². The van der Waals surface area contributed by atoms with Gasteiger partial charge in [0.2, 0.25) is 0 Å². The first kappa shape index (κ1) is 19.3. The van der Waals surface area contributed by atoms with Gasteiger partial charge in [-0.15, -0.1) is 0 Å². The number of unbranched alkanes of at least 4 members (excludes halogenated alkanes) is 1. The molecule has 3 N–H and O–H groups in total. The van der Waals surface area contributed by atoms with Crippen molar-refractivity contribution in [1.82, 2.24) is 5.32 Å². The number of rotatable bonds is 9. The van der Waals surface area contributed by atoms with Gasteiger partial charge in [-0.25, -0.2) is 0 Å². The minimum atomic E-state index is -0.261. The molecule has 23 heavy (non-hydrogen) atoms. The maximum Gasteiger partial charge on any atom is 0.258 e. The maximum atomic E-state index is 11.8. The van der Waals surface area contributed by atoms with Crippen LogP contribution in [0.2, 0.25) is 0 Å². The van der Waals surface area contributed by atoms with E-state index in [9.17, 15) is 4.79 Å². The van der Waals surface area contributed by atoms with Crippen molar-refractivity contribution >= 4 is 5.91 Å². The predicted molar refractivity (Wildman–Crippen MR) is 91.8 cm³/mol. The van der Waals surface area contributed by atoms with Crippen LogP contribution in [-0.2, 0) is 11.3 Å². The molecule has 1 aromatic rings. The van der Waals surface area contributed by atoms with Gasteiger partial charge in [0, 0.05) is 11.1 Å². The zero-order valence-corrected chi connectivity index (χ0v) is 15.1. The molecule has 0 aliphatic carbocycles. The van der Waals surface area contributed by atoms with Gasteiger partial charge in [-0.1, -0.05) is 13.3 Å². The van der Waals surface area contributed by atoms with Crippen molar-refractivity contribution in [3.8, 4) is 11.5 Å². The molecular weight excluding hydrogens is 292 g/mol. The number of hydrogen-bond donors (Lipinski definition) is 2. The molecule has 0 aliphatic rings. The highest BCUT2D eigenvalue weighted by atomic mass is 16.5. The van der Waals surface area contributed by atoms with Crippen LogP contribution in [-0.4, -0.2) is 31.7 Å². The molecule has 0 heterocycles. The molecule has 1 amide bonds. The molecule has 0 saturated heterocycles. The Morgan fingerprint density at radius 1 is 1.26 bits per heavy atom. The van der Waals surface area contributed by atoms with Gasteiger partial charge < -0.3 is 20.1 Å². The fraction of sp³-hybridized carbons (Fsp3) is 0.611. The van der Waals surface area contributed by atoms with Crippen LogP contribution in [0.4, 0.5) is 0 Å². The average Bonchev–Trinajstić information content (AvgIpc) is 2.48. The van der Waals surface area contributed by atoms with Crippen molar-refractivity contribution in [3.05, 3.63) is 23.8 Å². The molecule has 0 saturated carbocycles. The highest BCUT2D eigenvalue weighted by Gasteiger charge is 2.15. The van der Waals surface area contributed by atoms with E-state index < -0.39 is 0 Å². The molecular formula is C18H31N2O3+. The Morgan fingerprint density at radius 2 is 2.00 bits per heavy atom. The van der Waals surface area contributed by atoms with Crippen molar-refractivity contribution in [2.75, 3.05) is 20.3 Å². The van der Waals surface area contributed by atoms with E-state index in [0.29, 0.717) is 11.5 Å². The van der Waals surface area contributed by atoms with Crippen LogP contribution in [0, 0.1) is 0 Å². The van der Waals surface area contributed by atoms with E-state index in [1.807, 2.05) is 39.0 Å². The second-order valence-corrected chi connectivity index (χ2v) is 6.71. The summed E-state index contributed by atoms with van der Waals surface area (Å²) in [7, 11) is 1.61. The maximum absolute atomic E-state index is 11.8. The van der Waals surface area contributed by atoms with Crippen LogP contribution in [0.1, 0.15) is 46.1 Å². The number of nitrogens with two attached hydrogens (primary N) is 1. The summed E-state index contributed by atoms with van der Waals surface area (Å²) in [5.41, 5.74) is 0.923. The quantitative estimate of drug-likeness (QED) is 0.682. The van der Waals surface area contributed by atoms with E-state index in [1.54, 1.807) is 7.11 Å². The minimum absolute atomic E-state index is 0.0183. The third kappa shape index (κ3) is 7.88. The molecule has 0 aromatic heterocycles. The van der Waals surface area contributed by atoms with E-state index >= 15 is 0 Å². The molecule has 0 atom stereocenters. The Morgan fingerprint density at radius 3 is 2.61 bits per heavy atom. The molecule has 0 bridgehead atoms. The Balaban J connectivity index is 2.57. The van der Waals surface area contributed by atoms with Gasteiger partial charge in [-0.2, -0.15) is 0 Å². The molecule has 0 aliphatic heterocycles.